The van der Waals surface area contributed by atoms with Crippen LogP contribution in [0.25, 0.3) is 0 Å². The van der Waals surface area contributed by atoms with E-state index in [1.54, 1.807) is 6.20 Å². The summed E-state index contributed by atoms with van der Waals surface area (Å²) in [6.07, 6.45) is 2.28. The molecule has 1 saturated heterocycles. The van der Waals surface area contributed by atoms with E-state index in [4.69, 9.17) is 16.3 Å². The Labute approximate surface area is 131 Å². The second kappa shape index (κ2) is 6.43. The van der Waals surface area contributed by atoms with Gasteiger partial charge in [0.15, 0.2) is 5.13 Å². The molecule has 1 aliphatic heterocycles. The van der Waals surface area contributed by atoms with Gasteiger partial charge in [0.25, 0.3) is 0 Å². The summed E-state index contributed by atoms with van der Waals surface area (Å²) in [6.45, 7) is 0.621. The summed E-state index contributed by atoms with van der Waals surface area (Å²) in [6, 6.07) is 7.17. The predicted octanol–water partition coefficient (Wildman–Crippen LogP) is 3.45. The first-order chi connectivity index (χ1) is 10.2. The number of amides is 2. The van der Waals surface area contributed by atoms with Gasteiger partial charge in [0.1, 0.15) is 6.10 Å². The summed E-state index contributed by atoms with van der Waals surface area (Å²) in [5.74, 6) is 0. The van der Waals surface area contributed by atoms with Gasteiger partial charge in [-0.2, -0.15) is 0 Å². The summed E-state index contributed by atoms with van der Waals surface area (Å²) in [7, 11) is 0. The lowest BCUT2D eigenvalue weighted by Gasteiger charge is -2.20. The van der Waals surface area contributed by atoms with Crippen LogP contribution in [0.4, 0.5) is 9.93 Å². The smallest absolute Gasteiger partial charge is 0.321 e. The molecule has 0 bridgehead atoms. The highest BCUT2D eigenvalue weighted by molar-refractivity contribution is 7.13. The predicted molar refractivity (Wildman–Crippen MR) is 82.8 cm³/mol. The Hall–Kier alpha value is -1.63. The van der Waals surface area contributed by atoms with Crippen molar-refractivity contribution in [3.8, 4) is 0 Å². The van der Waals surface area contributed by atoms with Gasteiger partial charge in [-0.15, -0.1) is 11.3 Å². The van der Waals surface area contributed by atoms with Crippen molar-refractivity contribution in [1.82, 2.24) is 10.3 Å². The van der Waals surface area contributed by atoms with Crippen LogP contribution in [0.2, 0.25) is 5.02 Å². The minimum absolute atomic E-state index is 0.0638. The largest absolute Gasteiger partial charge is 0.371 e. The van der Waals surface area contributed by atoms with Crippen LogP contribution in [0.3, 0.4) is 0 Å². The number of aromatic nitrogens is 1. The molecule has 1 aromatic heterocycles. The molecule has 0 radical (unpaired) electrons. The number of nitrogens with zero attached hydrogens (tertiary/aromatic N) is 1. The van der Waals surface area contributed by atoms with Crippen LogP contribution in [-0.4, -0.2) is 23.7 Å². The molecule has 21 heavy (non-hydrogen) atoms. The Morgan fingerprint density at radius 3 is 2.90 bits per heavy atom. The van der Waals surface area contributed by atoms with Crippen molar-refractivity contribution in [1.29, 1.82) is 0 Å². The monoisotopic (exact) mass is 323 g/mol. The number of carbonyl (C=O) groups is 1. The van der Waals surface area contributed by atoms with Gasteiger partial charge in [0, 0.05) is 23.2 Å². The minimum atomic E-state index is -0.264. The molecular formula is C14H14ClN3O2S. The molecule has 2 amide bonds. The fourth-order valence-electron chi connectivity index (χ4n) is 2.31. The second-order valence-corrected chi connectivity index (χ2v) is 6.00. The maximum Gasteiger partial charge on any atom is 0.321 e. The van der Waals surface area contributed by atoms with E-state index < -0.39 is 0 Å². The summed E-state index contributed by atoms with van der Waals surface area (Å²) < 4.78 is 5.73. The first-order valence-electron chi connectivity index (χ1n) is 6.56. The van der Waals surface area contributed by atoms with Gasteiger partial charge in [-0.1, -0.05) is 23.7 Å². The molecule has 0 spiro atoms. The lowest BCUT2D eigenvalue weighted by Crippen LogP contribution is -2.39. The van der Waals surface area contributed by atoms with Gasteiger partial charge in [-0.3, -0.25) is 5.32 Å². The molecule has 3 rings (SSSR count). The Morgan fingerprint density at radius 1 is 1.38 bits per heavy atom. The second-order valence-electron chi connectivity index (χ2n) is 4.67. The van der Waals surface area contributed by atoms with Crippen molar-refractivity contribution in [2.24, 2.45) is 0 Å². The van der Waals surface area contributed by atoms with Crippen molar-refractivity contribution >= 4 is 34.1 Å². The summed E-state index contributed by atoms with van der Waals surface area (Å²) in [5, 5.41) is 8.72. The van der Waals surface area contributed by atoms with Crippen LogP contribution >= 0.6 is 22.9 Å². The molecule has 0 aliphatic carbocycles. The number of nitrogens with one attached hydrogen (secondary N) is 2. The van der Waals surface area contributed by atoms with Crippen LogP contribution in [-0.2, 0) is 4.74 Å². The molecule has 1 fully saturated rings. The zero-order valence-electron chi connectivity index (χ0n) is 11.1. The number of hydrogen-bond donors (Lipinski definition) is 2. The topological polar surface area (TPSA) is 63.2 Å². The molecule has 1 aromatic carbocycles. The van der Waals surface area contributed by atoms with E-state index in [1.165, 1.54) is 11.3 Å². The molecule has 5 nitrogen and oxygen atoms in total. The molecule has 1 aliphatic rings. The van der Waals surface area contributed by atoms with Gasteiger partial charge in [-0.05, 0) is 24.1 Å². The molecule has 2 heterocycles. The van der Waals surface area contributed by atoms with E-state index in [0.29, 0.717) is 16.8 Å². The molecule has 110 valence electrons. The number of benzene rings is 1. The highest BCUT2D eigenvalue weighted by Gasteiger charge is 2.31. The molecule has 0 saturated carbocycles. The number of halogens is 1. The summed E-state index contributed by atoms with van der Waals surface area (Å²) in [4.78, 5) is 16.0. The van der Waals surface area contributed by atoms with Gasteiger partial charge in [-0.25, -0.2) is 9.78 Å². The normalized spacial score (nSPS) is 21.2. The molecule has 7 heteroatoms. The minimum Gasteiger partial charge on any atom is -0.371 e. The fourth-order valence-corrected chi connectivity index (χ4v) is 2.96. The number of rotatable bonds is 3. The zero-order chi connectivity index (χ0) is 14.7. The first kappa shape index (κ1) is 14.3. The van der Waals surface area contributed by atoms with Crippen LogP contribution in [0.5, 0.6) is 0 Å². The van der Waals surface area contributed by atoms with Gasteiger partial charge < -0.3 is 10.1 Å². The number of carbonyl (C=O) groups excluding carboxylic acids is 1. The number of thiazole rings is 1. The van der Waals surface area contributed by atoms with Gasteiger partial charge in [0.2, 0.25) is 0 Å². The summed E-state index contributed by atoms with van der Waals surface area (Å²) in [5.41, 5.74) is 1.01. The Bertz CT molecular complexity index is 603. The standard InChI is InChI=1S/C14H14ClN3O2S/c15-10-3-1-9(2-4-10)12-11(5-7-20-12)17-13(19)18-14-16-6-8-21-14/h1-4,6,8,11-12H,5,7H2,(H2,16,17,18,19)/t11-,12+/m1/s1. The number of ether oxygens (including phenoxy) is 1. The van der Waals surface area contributed by atoms with E-state index in [9.17, 15) is 4.79 Å². The molecule has 2 atom stereocenters. The van der Waals surface area contributed by atoms with Gasteiger partial charge in [0.05, 0.1) is 6.04 Å². The third-order valence-electron chi connectivity index (χ3n) is 3.26. The van der Waals surface area contributed by atoms with Crippen molar-refractivity contribution in [3.63, 3.8) is 0 Å². The Morgan fingerprint density at radius 2 is 2.19 bits per heavy atom. The lowest BCUT2D eigenvalue weighted by molar-refractivity contribution is 0.100. The van der Waals surface area contributed by atoms with E-state index in [-0.39, 0.29) is 18.2 Å². The highest BCUT2D eigenvalue weighted by Crippen LogP contribution is 2.30. The Kier molecular flexibility index (Phi) is 4.38. The number of urea groups is 1. The maximum absolute atomic E-state index is 12.0. The summed E-state index contributed by atoms with van der Waals surface area (Å²) >= 11 is 7.27. The van der Waals surface area contributed by atoms with Crippen LogP contribution in [0, 0.1) is 0 Å². The third kappa shape index (κ3) is 3.53. The lowest BCUT2D eigenvalue weighted by atomic mass is 10.0. The van der Waals surface area contributed by atoms with Crippen molar-refractivity contribution in [2.75, 3.05) is 11.9 Å². The number of hydrogen-bond acceptors (Lipinski definition) is 4. The van der Waals surface area contributed by atoms with E-state index in [0.717, 1.165) is 12.0 Å². The van der Waals surface area contributed by atoms with Crippen LogP contribution in [0.1, 0.15) is 18.1 Å². The quantitative estimate of drug-likeness (QED) is 0.909. The van der Waals surface area contributed by atoms with Crippen molar-refractivity contribution in [3.05, 3.63) is 46.4 Å². The SMILES string of the molecule is O=C(Nc1nccs1)N[C@@H]1CCO[C@H]1c1ccc(Cl)cc1. The van der Waals surface area contributed by atoms with E-state index in [2.05, 4.69) is 15.6 Å². The van der Waals surface area contributed by atoms with Crippen LogP contribution in [0.15, 0.2) is 35.8 Å². The third-order valence-corrected chi connectivity index (χ3v) is 4.20. The molecule has 2 N–H and O–H groups in total. The van der Waals surface area contributed by atoms with E-state index >= 15 is 0 Å². The highest BCUT2D eigenvalue weighted by atomic mass is 35.5. The molecule has 2 aromatic rings. The average molecular weight is 324 g/mol. The number of anilines is 1. The zero-order valence-corrected chi connectivity index (χ0v) is 12.7. The first-order valence-corrected chi connectivity index (χ1v) is 7.82. The van der Waals surface area contributed by atoms with Crippen LogP contribution < -0.4 is 10.6 Å². The Balaban J connectivity index is 1.64. The maximum atomic E-state index is 12.0. The fraction of sp³-hybridized carbons (Fsp3) is 0.286. The molecule has 0 unspecified atom stereocenters. The molecular weight excluding hydrogens is 310 g/mol. The van der Waals surface area contributed by atoms with Crippen molar-refractivity contribution < 1.29 is 9.53 Å². The average Bonchev–Trinajstić information content (AvgIpc) is 3.11. The van der Waals surface area contributed by atoms with Crippen molar-refractivity contribution in [2.45, 2.75) is 18.6 Å². The van der Waals surface area contributed by atoms with Gasteiger partial charge >= 0.3 is 6.03 Å². The van der Waals surface area contributed by atoms with E-state index in [1.807, 2.05) is 29.6 Å².